The average Bonchev–Trinajstić information content (AvgIpc) is 2.49. The van der Waals surface area contributed by atoms with Crippen molar-refractivity contribution in [3.63, 3.8) is 0 Å². The molecular weight excluding hydrogens is 274 g/mol. The van der Waals surface area contributed by atoms with Crippen molar-refractivity contribution >= 4 is 17.9 Å². The lowest BCUT2D eigenvalue weighted by Crippen LogP contribution is -2.47. The van der Waals surface area contributed by atoms with E-state index < -0.39 is 5.97 Å². The molecule has 0 bridgehead atoms. The molecule has 7 heteroatoms. The molecule has 1 fully saturated rings. The van der Waals surface area contributed by atoms with Gasteiger partial charge in [-0.3, -0.25) is 9.59 Å². The minimum absolute atomic E-state index is 0.00221. The maximum atomic E-state index is 11.9. The van der Waals surface area contributed by atoms with Crippen LogP contribution in [-0.2, 0) is 9.59 Å². The Morgan fingerprint density at radius 2 is 1.86 bits per heavy atom. The maximum Gasteiger partial charge on any atom is 0.317 e. The molecular formula is C14H25N3O4. The molecule has 0 radical (unpaired) electrons. The van der Waals surface area contributed by atoms with Crippen molar-refractivity contribution < 1.29 is 19.5 Å². The second kappa shape index (κ2) is 9.20. The Kier molecular flexibility index (Phi) is 7.56. The number of rotatable bonds is 7. The van der Waals surface area contributed by atoms with Crippen LogP contribution in [0.4, 0.5) is 4.79 Å². The Morgan fingerprint density at radius 3 is 2.43 bits per heavy atom. The highest BCUT2D eigenvalue weighted by Crippen LogP contribution is 2.21. The van der Waals surface area contributed by atoms with Crippen LogP contribution in [0.15, 0.2) is 0 Å². The van der Waals surface area contributed by atoms with Crippen molar-refractivity contribution in [2.45, 2.75) is 39.0 Å². The molecule has 0 aromatic carbocycles. The maximum absolute atomic E-state index is 11.9. The van der Waals surface area contributed by atoms with Crippen molar-refractivity contribution in [2.24, 2.45) is 5.92 Å². The molecule has 0 spiro atoms. The van der Waals surface area contributed by atoms with Crippen molar-refractivity contribution in [3.05, 3.63) is 0 Å². The van der Waals surface area contributed by atoms with Crippen molar-refractivity contribution in [1.82, 2.24) is 15.5 Å². The number of carbonyl (C=O) groups is 3. The van der Waals surface area contributed by atoms with E-state index in [1.54, 1.807) is 4.90 Å². The molecule has 1 aliphatic heterocycles. The third-order valence-electron chi connectivity index (χ3n) is 3.64. The summed E-state index contributed by atoms with van der Waals surface area (Å²) in [5.41, 5.74) is 0. The molecule has 1 aliphatic rings. The number of likely N-dealkylation sites (tertiary alicyclic amines) is 1. The molecule has 21 heavy (non-hydrogen) atoms. The third-order valence-corrected chi connectivity index (χ3v) is 3.64. The molecule has 120 valence electrons. The Labute approximate surface area is 125 Å². The van der Waals surface area contributed by atoms with E-state index in [9.17, 15) is 14.4 Å². The number of nitrogens with one attached hydrogen (secondary N) is 2. The number of hydrogen-bond acceptors (Lipinski definition) is 3. The van der Waals surface area contributed by atoms with Gasteiger partial charge in [-0.2, -0.15) is 0 Å². The summed E-state index contributed by atoms with van der Waals surface area (Å²) in [5, 5.41) is 14.0. The summed E-state index contributed by atoms with van der Waals surface area (Å²) in [6, 6.07) is -0.224. The highest BCUT2D eigenvalue weighted by molar-refractivity contribution is 5.83. The van der Waals surface area contributed by atoms with Gasteiger partial charge in [0.15, 0.2) is 0 Å². The predicted molar refractivity (Wildman–Crippen MR) is 77.9 cm³/mol. The fourth-order valence-corrected chi connectivity index (χ4v) is 2.35. The van der Waals surface area contributed by atoms with Gasteiger partial charge in [0, 0.05) is 26.1 Å². The van der Waals surface area contributed by atoms with Gasteiger partial charge in [0.05, 0.1) is 6.54 Å². The summed E-state index contributed by atoms with van der Waals surface area (Å²) in [7, 11) is 0. The molecule has 0 aromatic rings. The molecule has 1 saturated heterocycles. The Balaban J connectivity index is 2.19. The first-order valence-corrected chi connectivity index (χ1v) is 7.54. The van der Waals surface area contributed by atoms with Crippen LogP contribution in [0.25, 0.3) is 0 Å². The van der Waals surface area contributed by atoms with Crippen LogP contribution < -0.4 is 10.6 Å². The highest BCUT2D eigenvalue weighted by atomic mass is 16.4. The van der Waals surface area contributed by atoms with Gasteiger partial charge in [0.1, 0.15) is 0 Å². The van der Waals surface area contributed by atoms with E-state index >= 15 is 0 Å². The number of piperidine rings is 1. The lowest BCUT2D eigenvalue weighted by Gasteiger charge is -2.31. The average molecular weight is 299 g/mol. The zero-order chi connectivity index (χ0) is 15.7. The highest BCUT2D eigenvalue weighted by Gasteiger charge is 2.23. The van der Waals surface area contributed by atoms with Crippen LogP contribution >= 0.6 is 0 Å². The normalized spacial score (nSPS) is 15.6. The summed E-state index contributed by atoms with van der Waals surface area (Å²) in [4.78, 5) is 35.5. The predicted octanol–water partition coefficient (Wildman–Crippen LogP) is 0.799. The topological polar surface area (TPSA) is 98.7 Å². The Hall–Kier alpha value is -1.79. The minimum Gasteiger partial charge on any atom is -0.481 e. The number of carboxylic acids is 1. The van der Waals surface area contributed by atoms with Crippen LogP contribution in [0.1, 0.15) is 39.0 Å². The largest absolute Gasteiger partial charge is 0.481 e. The van der Waals surface area contributed by atoms with Crippen molar-refractivity contribution in [3.8, 4) is 0 Å². The monoisotopic (exact) mass is 299 g/mol. The van der Waals surface area contributed by atoms with E-state index in [-0.39, 0.29) is 24.9 Å². The van der Waals surface area contributed by atoms with E-state index in [2.05, 4.69) is 10.6 Å². The van der Waals surface area contributed by atoms with Gasteiger partial charge in [0.2, 0.25) is 5.91 Å². The van der Waals surface area contributed by atoms with E-state index in [1.807, 2.05) is 6.92 Å². The van der Waals surface area contributed by atoms with Crippen molar-refractivity contribution in [2.75, 3.05) is 26.2 Å². The molecule has 0 saturated carbocycles. The van der Waals surface area contributed by atoms with Crippen LogP contribution in [0.2, 0.25) is 0 Å². The molecule has 0 aliphatic carbocycles. The van der Waals surface area contributed by atoms with Gasteiger partial charge in [0.25, 0.3) is 0 Å². The second-order valence-corrected chi connectivity index (χ2v) is 5.37. The molecule has 1 heterocycles. The molecule has 1 rings (SSSR count). The molecule has 0 atom stereocenters. The zero-order valence-corrected chi connectivity index (χ0v) is 12.6. The van der Waals surface area contributed by atoms with Crippen LogP contribution in [0, 0.1) is 5.92 Å². The van der Waals surface area contributed by atoms with Gasteiger partial charge in [-0.15, -0.1) is 0 Å². The summed E-state index contributed by atoms with van der Waals surface area (Å²) < 4.78 is 0. The van der Waals surface area contributed by atoms with Gasteiger partial charge in [-0.05, 0) is 31.6 Å². The molecule has 7 nitrogen and oxygen atoms in total. The minimum atomic E-state index is -0.770. The summed E-state index contributed by atoms with van der Waals surface area (Å²) in [6.45, 7) is 3.81. The standard InChI is InChI=1S/C14H25N3O4/c1-2-7-15-12(18)10-16-14(21)17-8-5-11(6-9-17)3-4-13(19)20/h11H,2-10H2,1H3,(H,15,18)(H,16,21)(H,19,20). The quantitative estimate of drug-likeness (QED) is 0.647. The van der Waals surface area contributed by atoms with Gasteiger partial charge >= 0.3 is 12.0 Å². The molecule has 3 N–H and O–H groups in total. The molecule has 0 aromatic heterocycles. The third kappa shape index (κ3) is 6.97. The van der Waals surface area contributed by atoms with Crippen LogP contribution in [0.3, 0.4) is 0 Å². The van der Waals surface area contributed by atoms with Gasteiger partial charge in [-0.1, -0.05) is 6.92 Å². The Bertz CT molecular complexity index is 365. The van der Waals surface area contributed by atoms with Gasteiger partial charge in [-0.25, -0.2) is 4.79 Å². The van der Waals surface area contributed by atoms with E-state index in [4.69, 9.17) is 5.11 Å². The number of nitrogens with zero attached hydrogens (tertiary/aromatic N) is 1. The first kappa shape index (κ1) is 17.3. The van der Waals surface area contributed by atoms with E-state index in [0.29, 0.717) is 32.0 Å². The SMILES string of the molecule is CCCNC(=O)CNC(=O)N1CCC(CCC(=O)O)CC1. The number of amides is 3. The fourth-order valence-electron chi connectivity index (χ4n) is 2.35. The fraction of sp³-hybridized carbons (Fsp3) is 0.786. The second-order valence-electron chi connectivity index (χ2n) is 5.37. The number of carbonyl (C=O) groups excluding carboxylic acids is 2. The smallest absolute Gasteiger partial charge is 0.317 e. The first-order chi connectivity index (χ1) is 10.0. The first-order valence-electron chi connectivity index (χ1n) is 7.54. The summed E-state index contributed by atoms with van der Waals surface area (Å²) >= 11 is 0. The zero-order valence-electron chi connectivity index (χ0n) is 12.6. The van der Waals surface area contributed by atoms with Gasteiger partial charge < -0.3 is 20.6 Å². The molecule has 0 unspecified atom stereocenters. The van der Waals surface area contributed by atoms with E-state index in [0.717, 1.165) is 19.3 Å². The summed E-state index contributed by atoms with van der Waals surface area (Å²) in [5.74, 6) is -0.576. The summed E-state index contributed by atoms with van der Waals surface area (Å²) in [6.07, 6.45) is 3.37. The number of carboxylic acid groups (broad SMARTS) is 1. The molecule has 3 amide bonds. The number of urea groups is 1. The van der Waals surface area contributed by atoms with Crippen LogP contribution in [-0.4, -0.2) is 54.1 Å². The Morgan fingerprint density at radius 1 is 1.19 bits per heavy atom. The lowest BCUT2D eigenvalue weighted by molar-refractivity contribution is -0.137. The number of hydrogen-bond donors (Lipinski definition) is 3. The lowest BCUT2D eigenvalue weighted by atomic mass is 9.92. The van der Waals surface area contributed by atoms with Crippen LogP contribution in [0.5, 0.6) is 0 Å². The van der Waals surface area contributed by atoms with E-state index in [1.165, 1.54) is 0 Å². The van der Waals surface area contributed by atoms with Crippen molar-refractivity contribution in [1.29, 1.82) is 0 Å². The number of aliphatic carboxylic acids is 1.